The average Bonchev–Trinajstić information content (AvgIpc) is 3.54. The van der Waals surface area contributed by atoms with Gasteiger partial charge in [-0.1, -0.05) is 36.3 Å². The van der Waals surface area contributed by atoms with Crippen LogP contribution < -0.4 is 15.0 Å². The second-order valence-electron chi connectivity index (χ2n) is 8.64. The Hall–Kier alpha value is -2.45. The van der Waals surface area contributed by atoms with E-state index in [2.05, 4.69) is 10.3 Å². The first-order valence-corrected chi connectivity index (χ1v) is 11.3. The van der Waals surface area contributed by atoms with E-state index in [0.29, 0.717) is 11.7 Å². The molecule has 4 atom stereocenters. The van der Waals surface area contributed by atoms with Crippen LogP contribution in [0.1, 0.15) is 25.7 Å². The smallest absolute Gasteiger partial charge is 0.236 e. The van der Waals surface area contributed by atoms with E-state index < -0.39 is 17.4 Å². The quantitative estimate of drug-likeness (QED) is 0.762. The minimum absolute atomic E-state index is 0.0487. The number of amides is 2. The molecule has 4 unspecified atom stereocenters. The molecule has 1 saturated carbocycles. The minimum Gasteiger partial charge on any atom is -0.497 e. The van der Waals surface area contributed by atoms with Gasteiger partial charge in [0.05, 0.1) is 41.8 Å². The molecular formula is C22H23N3O4S. The van der Waals surface area contributed by atoms with Gasteiger partial charge in [0.25, 0.3) is 0 Å². The Balaban J connectivity index is 1.30. The molecule has 4 heterocycles. The number of carbonyl (C=O) groups excluding carboxylic acids is 2. The summed E-state index contributed by atoms with van der Waals surface area (Å²) in [6, 6.07) is 5.94. The van der Waals surface area contributed by atoms with Gasteiger partial charge >= 0.3 is 0 Å². The number of nitrogens with one attached hydrogen (secondary N) is 1. The van der Waals surface area contributed by atoms with Crippen molar-refractivity contribution in [2.24, 2.45) is 11.8 Å². The highest BCUT2D eigenvalue weighted by Crippen LogP contribution is 2.53. The third-order valence-electron chi connectivity index (χ3n) is 6.92. The van der Waals surface area contributed by atoms with Crippen LogP contribution in [-0.4, -0.2) is 48.2 Å². The third kappa shape index (κ3) is 2.56. The molecular weight excluding hydrogens is 402 g/mol. The van der Waals surface area contributed by atoms with E-state index in [-0.39, 0.29) is 24.0 Å². The lowest BCUT2D eigenvalue weighted by molar-refractivity contribution is -0.132. The van der Waals surface area contributed by atoms with Crippen molar-refractivity contribution in [1.82, 2.24) is 10.3 Å². The van der Waals surface area contributed by atoms with Crippen molar-refractivity contribution in [3.63, 3.8) is 0 Å². The lowest BCUT2D eigenvalue weighted by atomic mass is 9.76. The number of anilines is 1. The van der Waals surface area contributed by atoms with Crippen molar-refractivity contribution < 1.29 is 19.1 Å². The topological polar surface area (TPSA) is 80.8 Å². The van der Waals surface area contributed by atoms with Crippen molar-refractivity contribution in [2.45, 2.75) is 43.4 Å². The van der Waals surface area contributed by atoms with Gasteiger partial charge in [-0.3, -0.25) is 14.5 Å². The number of fused-ring (bicyclic) bond motifs is 2. The molecule has 3 fully saturated rings. The lowest BCUT2D eigenvalue weighted by Gasteiger charge is -2.24. The standard InChI is InChI=1S/C22H23N3O4S/c1-28-13-6-7-16-14(10-13)24-21(30-16)25-11-22-9-8-15(29-22)17(18(22)20(25)27)19(26)23-12-4-2-3-5-12/h6-10,12,15,17-18H,2-5,11H2,1H3,(H,23,26). The van der Waals surface area contributed by atoms with E-state index in [1.165, 1.54) is 11.3 Å². The second-order valence-corrected chi connectivity index (χ2v) is 9.65. The predicted molar refractivity (Wildman–Crippen MR) is 113 cm³/mol. The normalized spacial score (nSPS) is 32.4. The maximum Gasteiger partial charge on any atom is 0.236 e. The summed E-state index contributed by atoms with van der Waals surface area (Å²) >= 11 is 1.47. The van der Waals surface area contributed by atoms with Crippen LogP contribution in [0.4, 0.5) is 5.13 Å². The molecule has 1 spiro atoms. The van der Waals surface area contributed by atoms with E-state index in [9.17, 15) is 9.59 Å². The first kappa shape index (κ1) is 18.3. The van der Waals surface area contributed by atoms with Crippen LogP contribution in [-0.2, 0) is 14.3 Å². The van der Waals surface area contributed by atoms with Crippen molar-refractivity contribution in [3.05, 3.63) is 30.4 Å². The summed E-state index contributed by atoms with van der Waals surface area (Å²) in [5.41, 5.74) is 0.0719. The van der Waals surface area contributed by atoms with Crippen molar-refractivity contribution in [2.75, 3.05) is 18.6 Å². The SMILES string of the molecule is COc1ccc2sc(N3CC45C=CC(O4)C(C(=O)NC4CCCC4)C5C3=O)nc2c1. The van der Waals surface area contributed by atoms with Crippen LogP contribution >= 0.6 is 11.3 Å². The van der Waals surface area contributed by atoms with E-state index in [0.717, 1.165) is 41.6 Å². The van der Waals surface area contributed by atoms with Gasteiger partial charge in [0.2, 0.25) is 11.8 Å². The summed E-state index contributed by atoms with van der Waals surface area (Å²) in [5, 5.41) is 3.81. The Bertz CT molecular complexity index is 1080. The minimum atomic E-state index is -0.727. The number of hydrogen-bond donors (Lipinski definition) is 1. The average molecular weight is 426 g/mol. The summed E-state index contributed by atoms with van der Waals surface area (Å²) in [7, 11) is 1.62. The zero-order valence-electron chi connectivity index (χ0n) is 16.7. The molecule has 4 aliphatic rings. The zero-order valence-corrected chi connectivity index (χ0v) is 17.5. The number of hydrogen-bond acceptors (Lipinski definition) is 6. The molecule has 1 aliphatic carbocycles. The largest absolute Gasteiger partial charge is 0.497 e. The molecule has 1 aromatic carbocycles. The Morgan fingerprint density at radius 3 is 3.00 bits per heavy atom. The van der Waals surface area contributed by atoms with Crippen LogP contribution in [0, 0.1) is 11.8 Å². The van der Waals surface area contributed by atoms with Crippen LogP contribution in [0.15, 0.2) is 30.4 Å². The summed E-state index contributed by atoms with van der Waals surface area (Å²) in [6.45, 7) is 0.396. The van der Waals surface area contributed by atoms with E-state index >= 15 is 0 Å². The monoisotopic (exact) mass is 425 g/mol. The van der Waals surface area contributed by atoms with Gasteiger partial charge in [-0.25, -0.2) is 4.98 Å². The number of aromatic nitrogens is 1. The molecule has 3 aliphatic heterocycles. The fourth-order valence-electron chi connectivity index (χ4n) is 5.46. The molecule has 2 aromatic rings. The van der Waals surface area contributed by atoms with Gasteiger partial charge < -0.3 is 14.8 Å². The van der Waals surface area contributed by atoms with Gasteiger partial charge in [-0.15, -0.1) is 0 Å². The molecule has 1 N–H and O–H groups in total. The summed E-state index contributed by atoms with van der Waals surface area (Å²) < 4.78 is 12.5. The zero-order chi connectivity index (χ0) is 20.5. The molecule has 8 heteroatoms. The third-order valence-corrected chi connectivity index (χ3v) is 7.98. The first-order valence-electron chi connectivity index (χ1n) is 10.5. The van der Waals surface area contributed by atoms with Gasteiger partial charge in [0, 0.05) is 12.1 Å². The maximum atomic E-state index is 13.5. The highest BCUT2D eigenvalue weighted by Gasteiger charge is 2.67. The number of rotatable bonds is 4. The van der Waals surface area contributed by atoms with Crippen LogP contribution in [0.2, 0.25) is 0 Å². The first-order chi connectivity index (χ1) is 14.6. The fraction of sp³-hybridized carbons (Fsp3) is 0.500. The Labute approximate surface area is 178 Å². The Kier molecular flexibility index (Phi) is 3.98. The molecule has 2 bridgehead atoms. The molecule has 1 aromatic heterocycles. The van der Waals surface area contributed by atoms with Gasteiger partial charge in [-0.05, 0) is 25.0 Å². The second kappa shape index (κ2) is 6.52. The number of carbonyl (C=O) groups is 2. The summed E-state index contributed by atoms with van der Waals surface area (Å²) in [5.74, 6) is -0.346. The summed E-state index contributed by atoms with van der Waals surface area (Å²) in [4.78, 5) is 33.0. The highest BCUT2D eigenvalue weighted by atomic mass is 32.1. The number of nitrogens with zero attached hydrogens (tertiary/aromatic N) is 2. The molecule has 6 rings (SSSR count). The predicted octanol–water partition coefficient (Wildman–Crippen LogP) is 2.65. The molecule has 2 saturated heterocycles. The van der Waals surface area contributed by atoms with Crippen LogP contribution in [0.3, 0.4) is 0 Å². The van der Waals surface area contributed by atoms with Gasteiger partial charge in [-0.2, -0.15) is 0 Å². The maximum absolute atomic E-state index is 13.5. The van der Waals surface area contributed by atoms with Crippen molar-refractivity contribution in [1.29, 1.82) is 0 Å². The van der Waals surface area contributed by atoms with E-state index in [4.69, 9.17) is 9.47 Å². The molecule has 30 heavy (non-hydrogen) atoms. The van der Waals surface area contributed by atoms with E-state index in [1.807, 2.05) is 30.4 Å². The number of benzene rings is 1. The van der Waals surface area contributed by atoms with Crippen molar-refractivity contribution >= 4 is 38.5 Å². The Morgan fingerprint density at radius 2 is 2.20 bits per heavy atom. The number of ether oxygens (including phenoxy) is 2. The fourth-order valence-corrected chi connectivity index (χ4v) is 6.42. The Morgan fingerprint density at radius 1 is 1.37 bits per heavy atom. The molecule has 7 nitrogen and oxygen atoms in total. The molecule has 2 amide bonds. The number of methoxy groups -OCH3 is 1. The molecule has 156 valence electrons. The van der Waals surface area contributed by atoms with Gasteiger partial charge in [0.1, 0.15) is 11.4 Å². The lowest BCUT2D eigenvalue weighted by Crippen LogP contribution is -2.46. The van der Waals surface area contributed by atoms with E-state index in [1.54, 1.807) is 12.0 Å². The van der Waals surface area contributed by atoms with Crippen LogP contribution in [0.5, 0.6) is 5.75 Å². The van der Waals surface area contributed by atoms with Crippen LogP contribution in [0.25, 0.3) is 10.2 Å². The number of thiazole rings is 1. The highest BCUT2D eigenvalue weighted by molar-refractivity contribution is 7.22. The van der Waals surface area contributed by atoms with Gasteiger partial charge in [0.15, 0.2) is 5.13 Å². The van der Waals surface area contributed by atoms with Crippen molar-refractivity contribution in [3.8, 4) is 5.75 Å². The molecule has 0 radical (unpaired) electrons. The summed E-state index contributed by atoms with van der Waals surface area (Å²) in [6.07, 6.45) is 7.96.